The van der Waals surface area contributed by atoms with E-state index in [1.54, 1.807) is 30.3 Å². The van der Waals surface area contributed by atoms with Crippen LogP contribution in [0.3, 0.4) is 0 Å². The Morgan fingerprint density at radius 3 is 2.59 bits per heavy atom. The molecule has 14 heteroatoms. The van der Waals surface area contributed by atoms with E-state index >= 15 is 0 Å². The lowest BCUT2D eigenvalue weighted by molar-refractivity contribution is -0.227. The average Bonchev–Trinajstić information content (AvgIpc) is 3.15. The smallest absolute Gasteiger partial charge is 0.459 e. The molecule has 2 aliphatic rings. The zero-order valence-corrected chi connectivity index (χ0v) is 22.9. The van der Waals surface area contributed by atoms with Gasteiger partial charge in [0, 0.05) is 18.7 Å². The fraction of sp³-hybridized carbons (Fsp3) is 0.560. The highest BCUT2D eigenvalue weighted by Crippen LogP contribution is 2.50. The SMILES string of the molecule is CC(C)CCOC(=O)[C@H](C)NP(=O)(OC[C@H]1O[C@@H](n2ccc(=O)[nH]c2=O)[C@@]2(CCO2)[C@@H]1O)Oc1ccccc1. The second kappa shape index (κ2) is 12.2. The van der Waals surface area contributed by atoms with E-state index < -0.39 is 61.7 Å². The van der Waals surface area contributed by atoms with Gasteiger partial charge in [-0.2, -0.15) is 5.09 Å². The minimum atomic E-state index is -4.22. The molecule has 4 rings (SSSR count). The molecule has 3 heterocycles. The highest BCUT2D eigenvalue weighted by Gasteiger charge is 2.62. The summed E-state index contributed by atoms with van der Waals surface area (Å²) >= 11 is 0. The predicted molar refractivity (Wildman–Crippen MR) is 138 cm³/mol. The van der Waals surface area contributed by atoms with E-state index in [1.807, 2.05) is 13.8 Å². The summed E-state index contributed by atoms with van der Waals surface area (Å²) in [5.74, 6) is -0.0702. The van der Waals surface area contributed by atoms with E-state index in [4.69, 9.17) is 23.3 Å². The third-order valence-corrected chi connectivity index (χ3v) is 8.21. The largest absolute Gasteiger partial charge is 0.465 e. The molecule has 0 aliphatic carbocycles. The van der Waals surface area contributed by atoms with Crippen LogP contribution in [0.15, 0.2) is 52.2 Å². The van der Waals surface area contributed by atoms with Crippen LogP contribution in [0.1, 0.15) is 39.8 Å². The summed E-state index contributed by atoms with van der Waals surface area (Å²) in [6.45, 7) is 5.58. The maximum absolute atomic E-state index is 13.8. The molecule has 1 aromatic heterocycles. The van der Waals surface area contributed by atoms with Gasteiger partial charge in [-0.3, -0.25) is 23.7 Å². The molecular formula is C25H34N3O10P. The number of carbonyl (C=O) groups is 1. The number of aliphatic hydroxyl groups is 1. The molecule has 2 aromatic rings. The number of carbonyl (C=O) groups excluding carboxylic acids is 1. The Balaban J connectivity index is 1.49. The molecule has 0 saturated carbocycles. The number of nitrogens with one attached hydrogen (secondary N) is 2. The minimum absolute atomic E-state index is 0.211. The molecule has 2 saturated heterocycles. The molecule has 0 bridgehead atoms. The summed E-state index contributed by atoms with van der Waals surface area (Å²) in [6, 6.07) is 8.35. The van der Waals surface area contributed by atoms with Gasteiger partial charge in [-0.05, 0) is 31.4 Å². The van der Waals surface area contributed by atoms with Gasteiger partial charge in [-0.15, -0.1) is 0 Å². The van der Waals surface area contributed by atoms with Crippen LogP contribution in [0, 0.1) is 5.92 Å². The van der Waals surface area contributed by atoms with E-state index in [-0.39, 0.29) is 12.4 Å². The number of nitrogens with zero attached hydrogens (tertiary/aromatic N) is 1. The Bertz CT molecular complexity index is 1290. The molecule has 13 nitrogen and oxygen atoms in total. The van der Waals surface area contributed by atoms with Crippen molar-refractivity contribution in [2.75, 3.05) is 19.8 Å². The fourth-order valence-corrected chi connectivity index (χ4v) is 5.82. The number of para-hydroxylation sites is 1. The van der Waals surface area contributed by atoms with E-state index in [9.17, 15) is 24.1 Å². The van der Waals surface area contributed by atoms with Crippen molar-refractivity contribution in [1.29, 1.82) is 0 Å². The zero-order valence-electron chi connectivity index (χ0n) is 22.0. The Labute approximate surface area is 225 Å². The van der Waals surface area contributed by atoms with Crippen LogP contribution in [0.25, 0.3) is 0 Å². The second-order valence-corrected chi connectivity index (χ2v) is 11.6. The van der Waals surface area contributed by atoms with Crippen LogP contribution >= 0.6 is 7.75 Å². The van der Waals surface area contributed by atoms with E-state index in [0.717, 1.165) is 10.6 Å². The van der Waals surface area contributed by atoms with Crippen molar-refractivity contribution in [2.45, 2.75) is 63.7 Å². The van der Waals surface area contributed by atoms with Crippen LogP contribution in [0.2, 0.25) is 0 Å². The highest BCUT2D eigenvalue weighted by molar-refractivity contribution is 7.52. The van der Waals surface area contributed by atoms with Crippen molar-refractivity contribution in [1.82, 2.24) is 14.6 Å². The van der Waals surface area contributed by atoms with Gasteiger partial charge in [-0.25, -0.2) is 9.36 Å². The number of hydrogen-bond donors (Lipinski definition) is 3. The highest BCUT2D eigenvalue weighted by atomic mass is 31.2. The van der Waals surface area contributed by atoms with Gasteiger partial charge in [0.2, 0.25) is 0 Å². The molecular weight excluding hydrogens is 533 g/mol. The van der Waals surface area contributed by atoms with Gasteiger partial charge in [0.05, 0.1) is 19.8 Å². The maximum atomic E-state index is 13.8. The number of aromatic nitrogens is 2. The first kappa shape index (κ1) is 29.2. The summed E-state index contributed by atoms with van der Waals surface area (Å²) in [5, 5.41) is 13.7. The lowest BCUT2D eigenvalue weighted by Crippen LogP contribution is -2.57. The normalized spacial score (nSPS) is 26.6. The molecule has 39 heavy (non-hydrogen) atoms. The standard InChI is InChI=1S/C25H34N3O10P/c1-16(2)10-13-34-22(31)17(3)27-39(33,38-18-7-5-4-6-8-18)36-15-19-21(30)25(11-14-35-25)23(37-19)28-12-9-20(29)26-24(28)32/h4-9,12,16-17,19,21,23,30H,10-11,13-15H2,1-3H3,(H,27,33)(H,26,29,32)/t17-,19+,21+,23+,25+,39?/m0/s1. The van der Waals surface area contributed by atoms with Crippen molar-refractivity contribution in [3.63, 3.8) is 0 Å². The minimum Gasteiger partial charge on any atom is -0.465 e. The molecule has 1 aromatic carbocycles. The van der Waals surface area contributed by atoms with Crippen LogP contribution in [0.5, 0.6) is 5.75 Å². The van der Waals surface area contributed by atoms with Gasteiger partial charge in [0.15, 0.2) is 6.23 Å². The second-order valence-electron chi connectivity index (χ2n) is 9.94. The number of benzene rings is 1. The monoisotopic (exact) mass is 567 g/mol. The third-order valence-electron chi connectivity index (χ3n) is 6.56. The molecule has 214 valence electrons. The summed E-state index contributed by atoms with van der Waals surface area (Å²) < 4.78 is 43.2. The van der Waals surface area contributed by atoms with Crippen molar-refractivity contribution in [2.24, 2.45) is 5.92 Å². The van der Waals surface area contributed by atoms with Crippen molar-refractivity contribution < 1.29 is 37.7 Å². The van der Waals surface area contributed by atoms with Crippen molar-refractivity contribution >= 4 is 13.7 Å². The van der Waals surface area contributed by atoms with Crippen LogP contribution in [0.4, 0.5) is 0 Å². The van der Waals surface area contributed by atoms with Gasteiger partial charge in [0.25, 0.3) is 5.56 Å². The molecule has 6 atom stereocenters. The Morgan fingerprint density at radius 2 is 1.97 bits per heavy atom. The van der Waals surface area contributed by atoms with Crippen molar-refractivity contribution in [3.8, 4) is 5.75 Å². The van der Waals surface area contributed by atoms with Crippen molar-refractivity contribution in [3.05, 3.63) is 63.4 Å². The number of rotatable bonds is 12. The first-order valence-corrected chi connectivity index (χ1v) is 14.3. The molecule has 0 radical (unpaired) electrons. The third kappa shape index (κ3) is 6.68. The van der Waals surface area contributed by atoms with Gasteiger partial charge < -0.3 is 23.8 Å². The number of aliphatic hydroxyl groups excluding tert-OH is 1. The first-order valence-electron chi connectivity index (χ1n) is 12.8. The number of hydrogen-bond acceptors (Lipinski definition) is 10. The van der Waals surface area contributed by atoms with Gasteiger partial charge >= 0.3 is 19.4 Å². The van der Waals surface area contributed by atoms with Crippen LogP contribution in [-0.4, -0.2) is 64.3 Å². The molecule has 3 N–H and O–H groups in total. The number of H-pyrrole nitrogens is 1. The van der Waals surface area contributed by atoms with Crippen LogP contribution < -0.4 is 20.9 Å². The van der Waals surface area contributed by atoms with E-state index in [1.165, 1.54) is 13.1 Å². The molecule has 2 fully saturated rings. The predicted octanol–water partition coefficient (Wildman–Crippen LogP) is 1.73. The van der Waals surface area contributed by atoms with E-state index in [0.29, 0.717) is 25.4 Å². The van der Waals surface area contributed by atoms with Gasteiger partial charge in [-0.1, -0.05) is 32.0 Å². The summed E-state index contributed by atoms with van der Waals surface area (Å²) in [6.07, 6.45) is -1.13. The number of ether oxygens (including phenoxy) is 3. The molecule has 2 aliphatic heterocycles. The van der Waals surface area contributed by atoms with E-state index in [2.05, 4.69) is 10.1 Å². The van der Waals surface area contributed by atoms with Gasteiger partial charge in [0.1, 0.15) is 29.6 Å². The summed E-state index contributed by atoms with van der Waals surface area (Å²) in [5.41, 5.74) is -2.58. The Hall–Kier alpha value is -2.80. The van der Waals surface area contributed by atoms with Crippen LogP contribution in [-0.2, 0) is 28.1 Å². The number of esters is 1. The fourth-order valence-electron chi connectivity index (χ4n) is 4.32. The molecule has 1 spiro atoms. The molecule has 1 unspecified atom stereocenters. The Morgan fingerprint density at radius 1 is 1.26 bits per heavy atom. The quantitative estimate of drug-likeness (QED) is 0.252. The Kier molecular flexibility index (Phi) is 9.10. The lowest BCUT2D eigenvalue weighted by Gasteiger charge is -2.44. The topological polar surface area (TPSA) is 167 Å². The lowest BCUT2D eigenvalue weighted by atomic mass is 9.86. The number of aromatic amines is 1. The first-order chi connectivity index (χ1) is 18.5. The zero-order chi connectivity index (χ0) is 28.2. The molecule has 0 amide bonds. The summed E-state index contributed by atoms with van der Waals surface area (Å²) in [7, 11) is -4.22. The summed E-state index contributed by atoms with van der Waals surface area (Å²) in [4.78, 5) is 38.6. The average molecular weight is 568 g/mol. The maximum Gasteiger partial charge on any atom is 0.459 e.